The Morgan fingerprint density at radius 2 is 2.00 bits per heavy atom. The lowest BCUT2D eigenvalue weighted by Gasteiger charge is -2.22. The van der Waals surface area contributed by atoms with Crippen LogP contribution in [0, 0.1) is 0 Å². The Balaban J connectivity index is 2.59. The summed E-state index contributed by atoms with van der Waals surface area (Å²) in [5.74, 6) is 0.867. The van der Waals surface area contributed by atoms with Crippen LogP contribution in [-0.4, -0.2) is 38.0 Å². The van der Waals surface area contributed by atoms with Crippen molar-refractivity contribution >= 4 is 5.69 Å². The summed E-state index contributed by atoms with van der Waals surface area (Å²) in [6.45, 7) is 3.26. The summed E-state index contributed by atoms with van der Waals surface area (Å²) >= 11 is 0. The van der Waals surface area contributed by atoms with Gasteiger partial charge in [-0.15, -0.1) is 0 Å². The van der Waals surface area contributed by atoms with Gasteiger partial charge in [0.15, 0.2) is 0 Å². The number of aliphatic hydroxyl groups is 1. The Kier molecular flexibility index (Phi) is 5.08. The molecule has 0 aliphatic carbocycles. The van der Waals surface area contributed by atoms with Gasteiger partial charge in [0.25, 0.3) is 0 Å². The summed E-state index contributed by atoms with van der Waals surface area (Å²) in [6.07, 6.45) is 0. The lowest BCUT2D eigenvalue weighted by molar-refractivity contribution is 0.267. The van der Waals surface area contributed by atoms with Gasteiger partial charge in [0.05, 0.1) is 13.2 Å². The molecule has 0 spiro atoms. The summed E-state index contributed by atoms with van der Waals surface area (Å²) < 4.78 is 5.36. The number of ether oxygens (including phenoxy) is 1. The molecule has 0 bridgehead atoms. The van der Waals surface area contributed by atoms with Crippen LogP contribution in [0.15, 0.2) is 24.3 Å². The van der Waals surface area contributed by atoms with Gasteiger partial charge in [-0.1, -0.05) is 0 Å². The van der Waals surface area contributed by atoms with Crippen molar-refractivity contribution in [3.8, 4) is 5.75 Å². The van der Waals surface area contributed by atoms with Gasteiger partial charge >= 0.3 is 0 Å². The monoisotopic (exact) mass is 224 g/mol. The van der Waals surface area contributed by atoms with Crippen LogP contribution < -0.4 is 15.4 Å². The van der Waals surface area contributed by atoms with Gasteiger partial charge in [-0.05, 0) is 31.2 Å². The quantitative estimate of drug-likeness (QED) is 0.752. The first-order valence-corrected chi connectivity index (χ1v) is 5.47. The second-order valence-corrected chi connectivity index (χ2v) is 3.75. The fourth-order valence-corrected chi connectivity index (χ4v) is 1.48. The van der Waals surface area contributed by atoms with E-state index in [1.165, 1.54) is 0 Å². The van der Waals surface area contributed by atoms with Crippen LogP contribution in [0.2, 0.25) is 0 Å². The van der Waals surface area contributed by atoms with Crippen molar-refractivity contribution in [3.63, 3.8) is 0 Å². The minimum absolute atomic E-state index is 0.00136. The van der Waals surface area contributed by atoms with Gasteiger partial charge < -0.3 is 20.5 Å². The smallest absolute Gasteiger partial charge is 0.119 e. The zero-order chi connectivity index (χ0) is 12.0. The van der Waals surface area contributed by atoms with E-state index in [2.05, 4.69) is 0 Å². The fourth-order valence-electron chi connectivity index (χ4n) is 1.48. The largest absolute Gasteiger partial charge is 0.494 e. The number of rotatable bonds is 6. The number of aliphatic hydroxyl groups excluding tert-OH is 1. The SMILES string of the molecule is CCOc1ccc(N(C)CC(N)CO)cc1. The molecule has 0 saturated carbocycles. The molecule has 0 radical (unpaired) electrons. The summed E-state index contributed by atoms with van der Waals surface area (Å²) in [5.41, 5.74) is 6.73. The van der Waals surface area contributed by atoms with E-state index < -0.39 is 0 Å². The van der Waals surface area contributed by atoms with Crippen LogP contribution in [0.1, 0.15) is 6.92 Å². The van der Waals surface area contributed by atoms with Gasteiger partial charge in [0, 0.05) is 25.3 Å². The summed E-state index contributed by atoms with van der Waals surface area (Å²) in [6, 6.07) is 7.61. The Bertz CT molecular complexity index is 300. The number of benzene rings is 1. The molecule has 0 amide bonds. The highest BCUT2D eigenvalue weighted by Crippen LogP contribution is 2.18. The van der Waals surface area contributed by atoms with Crippen LogP contribution in [-0.2, 0) is 0 Å². The summed E-state index contributed by atoms with van der Waals surface area (Å²) in [4.78, 5) is 2.01. The highest BCUT2D eigenvalue weighted by Gasteiger charge is 2.06. The molecule has 0 heterocycles. The first-order valence-electron chi connectivity index (χ1n) is 5.47. The maximum Gasteiger partial charge on any atom is 0.119 e. The molecule has 1 unspecified atom stereocenters. The topological polar surface area (TPSA) is 58.7 Å². The molecule has 1 aromatic rings. The van der Waals surface area contributed by atoms with E-state index in [1.54, 1.807) is 0 Å². The molecule has 0 aromatic heterocycles. The minimum Gasteiger partial charge on any atom is -0.494 e. The van der Waals surface area contributed by atoms with Crippen LogP contribution in [0.5, 0.6) is 5.75 Å². The zero-order valence-corrected chi connectivity index (χ0v) is 9.89. The van der Waals surface area contributed by atoms with E-state index in [4.69, 9.17) is 15.6 Å². The third-order valence-corrected chi connectivity index (χ3v) is 2.33. The molecule has 0 aliphatic heterocycles. The number of hydrogen-bond acceptors (Lipinski definition) is 4. The Morgan fingerprint density at radius 1 is 1.38 bits per heavy atom. The summed E-state index contributed by atoms with van der Waals surface area (Å²) in [5, 5.41) is 8.87. The Hall–Kier alpha value is -1.26. The molecular weight excluding hydrogens is 204 g/mol. The molecular formula is C12H20N2O2. The van der Waals surface area contributed by atoms with Gasteiger partial charge in [-0.25, -0.2) is 0 Å². The normalized spacial score (nSPS) is 12.2. The van der Waals surface area contributed by atoms with Crippen LogP contribution >= 0.6 is 0 Å². The highest BCUT2D eigenvalue weighted by molar-refractivity contribution is 5.48. The Labute approximate surface area is 96.6 Å². The lowest BCUT2D eigenvalue weighted by atomic mass is 10.2. The molecule has 3 N–H and O–H groups in total. The average Bonchev–Trinajstić information content (AvgIpc) is 2.30. The van der Waals surface area contributed by atoms with Crippen LogP contribution in [0.25, 0.3) is 0 Å². The van der Waals surface area contributed by atoms with E-state index in [-0.39, 0.29) is 12.6 Å². The maximum absolute atomic E-state index is 8.87. The molecule has 16 heavy (non-hydrogen) atoms. The predicted octanol–water partition coefficient (Wildman–Crippen LogP) is 0.841. The molecule has 4 heteroatoms. The first kappa shape index (κ1) is 12.8. The van der Waals surface area contributed by atoms with Crippen molar-refractivity contribution in [2.75, 3.05) is 31.7 Å². The molecule has 1 aromatic carbocycles. The van der Waals surface area contributed by atoms with Crippen LogP contribution in [0.3, 0.4) is 0 Å². The van der Waals surface area contributed by atoms with Crippen LogP contribution in [0.4, 0.5) is 5.69 Å². The van der Waals surface area contributed by atoms with E-state index in [0.29, 0.717) is 13.2 Å². The third kappa shape index (κ3) is 3.72. The minimum atomic E-state index is -0.212. The molecule has 0 aliphatic rings. The number of nitrogens with two attached hydrogens (primary N) is 1. The average molecular weight is 224 g/mol. The van der Waals surface area contributed by atoms with Crippen molar-refractivity contribution in [2.24, 2.45) is 5.73 Å². The van der Waals surface area contributed by atoms with Crippen molar-refractivity contribution < 1.29 is 9.84 Å². The number of nitrogens with zero attached hydrogens (tertiary/aromatic N) is 1. The lowest BCUT2D eigenvalue weighted by Crippen LogP contribution is -2.37. The van der Waals surface area contributed by atoms with E-state index in [0.717, 1.165) is 11.4 Å². The maximum atomic E-state index is 8.87. The molecule has 4 nitrogen and oxygen atoms in total. The van der Waals surface area contributed by atoms with Gasteiger partial charge in [0.1, 0.15) is 5.75 Å². The van der Waals surface area contributed by atoms with Crippen molar-refractivity contribution in [1.29, 1.82) is 0 Å². The third-order valence-electron chi connectivity index (χ3n) is 2.33. The number of anilines is 1. The second-order valence-electron chi connectivity index (χ2n) is 3.75. The standard InChI is InChI=1S/C12H20N2O2/c1-3-16-12-6-4-11(5-7-12)14(2)8-10(13)9-15/h4-7,10,15H,3,8-9,13H2,1-2H3. The first-order chi connectivity index (χ1) is 7.67. The molecule has 1 atom stereocenters. The molecule has 1 rings (SSSR count). The highest BCUT2D eigenvalue weighted by atomic mass is 16.5. The zero-order valence-electron chi connectivity index (χ0n) is 9.89. The van der Waals surface area contributed by atoms with E-state index in [1.807, 2.05) is 43.1 Å². The fraction of sp³-hybridized carbons (Fsp3) is 0.500. The molecule has 0 saturated heterocycles. The molecule has 0 fully saturated rings. The van der Waals surface area contributed by atoms with Gasteiger partial charge in [0.2, 0.25) is 0 Å². The summed E-state index contributed by atoms with van der Waals surface area (Å²) in [7, 11) is 1.95. The number of likely N-dealkylation sites (N-methyl/N-ethyl adjacent to an activating group) is 1. The van der Waals surface area contributed by atoms with E-state index in [9.17, 15) is 0 Å². The Morgan fingerprint density at radius 3 is 2.50 bits per heavy atom. The second kappa shape index (κ2) is 6.35. The van der Waals surface area contributed by atoms with Crippen molar-refractivity contribution in [2.45, 2.75) is 13.0 Å². The van der Waals surface area contributed by atoms with Crippen molar-refractivity contribution in [1.82, 2.24) is 0 Å². The predicted molar refractivity (Wildman–Crippen MR) is 65.9 cm³/mol. The number of hydrogen-bond donors (Lipinski definition) is 2. The van der Waals surface area contributed by atoms with Crippen molar-refractivity contribution in [3.05, 3.63) is 24.3 Å². The van der Waals surface area contributed by atoms with E-state index >= 15 is 0 Å². The van der Waals surface area contributed by atoms with Gasteiger partial charge in [-0.3, -0.25) is 0 Å². The molecule has 90 valence electrons. The van der Waals surface area contributed by atoms with Gasteiger partial charge in [-0.2, -0.15) is 0 Å².